The first-order valence-electron chi connectivity index (χ1n) is 8.71. The minimum absolute atomic E-state index is 0.0350. The normalized spacial score (nSPS) is 18.0. The molecule has 154 valence electrons. The quantitative estimate of drug-likeness (QED) is 0.565. The molecule has 1 N–H and O–H groups in total. The summed E-state index contributed by atoms with van der Waals surface area (Å²) in [5, 5.41) is 8.13. The number of hydrogen-bond acceptors (Lipinski definition) is 6. The van der Waals surface area contributed by atoms with Gasteiger partial charge in [-0.3, -0.25) is 10.2 Å². The second-order valence-electron chi connectivity index (χ2n) is 6.82. The second-order valence-corrected chi connectivity index (χ2v) is 9.46. The van der Waals surface area contributed by atoms with Gasteiger partial charge < -0.3 is 4.57 Å². The average molecular weight is 446 g/mol. The maximum Gasteiger partial charge on any atom is 0.283 e. The minimum Gasteiger partial charge on any atom is -0.318 e. The van der Waals surface area contributed by atoms with E-state index >= 15 is 0 Å². The fourth-order valence-electron chi connectivity index (χ4n) is 3.34. The Labute approximate surface area is 176 Å². The van der Waals surface area contributed by atoms with E-state index in [1.54, 1.807) is 18.2 Å². The van der Waals surface area contributed by atoms with E-state index in [9.17, 15) is 17.6 Å². The minimum atomic E-state index is -3.72. The van der Waals surface area contributed by atoms with Crippen molar-refractivity contribution in [2.75, 3.05) is 6.26 Å². The molecular weight excluding hydrogens is 429 g/mol. The van der Waals surface area contributed by atoms with Crippen molar-refractivity contribution in [1.29, 1.82) is 5.41 Å². The highest BCUT2D eigenvalue weighted by molar-refractivity contribution is 8.16. The number of nitrogens with one attached hydrogen (secondary N) is 1. The molecule has 0 aliphatic carbocycles. The number of halogens is 1. The summed E-state index contributed by atoms with van der Waals surface area (Å²) in [6, 6.07) is 7.93. The van der Waals surface area contributed by atoms with Crippen molar-refractivity contribution >= 4 is 49.9 Å². The van der Waals surface area contributed by atoms with Crippen LogP contribution in [0.15, 0.2) is 45.3 Å². The van der Waals surface area contributed by atoms with Crippen LogP contribution in [0.5, 0.6) is 0 Å². The number of rotatable bonds is 2. The smallest absolute Gasteiger partial charge is 0.283 e. The van der Waals surface area contributed by atoms with E-state index in [1.807, 2.05) is 18.4 Å². The van der Waals surface area contributed by atoms with E-state index < -0.39 is 15.7 Å². The fourth-order valence-corrected chi connectivity index (χ4v) is 5.18. The highest BCUT2D eigenvalue weighted by Gasteiger charge is 2.41. The van der Waals surface area contributed by atoms with Gasteiger partial charge in [0.15, 0.2) is 0 Å². The lowest BCUT2D eigenvalue weighted by Gasteiger charge is -2.23. The summed E-state index contributed by atoms with van der Waals surface area (Å²) in [6.07, 6.45) is 2.47. The third kappa shape index (κ3) is 3.29. The van der Waals surface area contributed by atoms with Crippen molar-refractivity contribution in [3.8, 4) is 5.69 Å². The van der Waals surface area contributed by atoms with Crippen LogP contribution in [-0.4, -0.2) is 46.2 Å². The number of sulfone groups is 1. The molecule has 3 heterocycles. The second kappa shape index (κ2) is 7.03. The summed E-state index contributed by atoms with van der Waals surface area (Å²) in [5.41, 5.74) is 2.74. The van der Waals surface area contributed by atoms with Crippen LogP contribution in [0.3, 0.4) is 0 Å². The van der Waals surface area contributed by atoms with Crippen molar-refractivity contribution in [1.82, 2.24) is 9.47 Å². The Kier molecular flexibility index (Phi) is 4.74. The highest BCUT2D eigenvalue weighted by atomic mass is 32.2. The first-order valence-corrected chi connectivity index (χ1v) is 11.4. The zero-order chi connectivity index (χ0) is 21.8. The lowest BCUT2D eigenvalue weighted by molar-refractivity contribution is -0.114. The number of aliphatic imine (C=N–C) groups is 1. The molecule has 11 heteroatoms. The van der Waals surface area contributed by atoms with Gasteiger partial charge in [-0.15, -0.1) is 0 Å². The molecule has 1 aromatic carbocycles. The number of hydrogen-bond donors (Lipinski definition) is 1. The van der Waals surface area contributed by atoms with E-state index in [2.05, 4.69) is 9.39 Å². The standard InChI is InChI=1S/C19H16FN5O3S2/c1-10-7-12(11(2)24(10)14-6-4-5-13(20)9-14)8-15-16(21)25-18(22-17(15)26)29-23-19(25)30(3,27)28/h4-9,21H,1-3H3/b15-8-,21-16?. The summed E-state index contributed by atoms with van der Waals surface area (Å²) < 4.78 is 43.3. The van der Waals surface area contributed by atoms with Crippen molar-refractivity contribution in [3.63, 3.8) is 0 Å². The SMILES string of the molecule is Cc1cc(/C=C2/C(=N)N3C(=NC2=O)SN=C3S(C)(=O)=O)c(C)n1-c1cccc(F)c1. The van der Waals surface area contributed by atoms with E-state index in [1.165, 1.54) is 18.2 Å². The number of amidine groups is 3. The van der Waals surface area contributed by atoms with Gasteiger partial charge in [-0.2, -0.15) is 9.39 Å². The van der Waals surface area contributed by atoms with E-state index in [4.69, 9.17) is 5.41 Å². The monoisotopic (exact) mass is 445 g/mol. The summed E-state index contributed by atoms with van der Waals surface area (Å²) in [6.45, 7) is 3.65. The highest BCUT2D eigenvalue weighted by Crippen LogP contribution is 2.31. The molecule has 0 fully saturated rings. The zero-order valence-corrected chi connectivity index (χ0v) is 17.8. The molecular formula is C19H16FN5O3S2. The number of aromatic nitrogens is 1. The van der Waals surface area contributed by atoms with Gasteiger partial charge in [-0.05, 0) is 49.8 Å². The van der Waals surface area contributed by atoms with Crippen molar-refractivity contribution in [2.45, 2.75) is 13.8 Å². The first-order chi connectivity index (χ1) is 14.1. The number of fused-ring (bicyclic) bond motifs is 1. The lowest BCUT2D eigenvalue weighted by atomic mass is 10.1. The lowest BCUT2D eigenvalue weighted by Crippen LogP contribution is -2.45. The van der Waals surface area contributed by atoms with Gasteiger partial charge in [0.1, 0.15) is 11.7 Å². The van der Waals surface area contributed by atoms with Gasteiger partial charge in [0.05, 0.1) is 17.5 Å². The molecule has 1 amide bonds. The first kappa shape index (κ1) is 20.2. The summed E-state index contributed by atoms with van der Waals surface area (Å²) in [5.74, 6) is -1.33. The van der Waals surface area contributed by atoms with Crippen molar-refractivity contribution in [3.05, 3.63) is 58.7 Å². The van der Waals surface area contributed by atoms with Crippen LogP contribution in [-0.2, 0) is 14.6 Å². The number of aryl methyl sites for hydroxylation is 1. The molecule has 30 heavy (non-hydrogen) atoms. The summed E-state index contributed by atoms with van der Waals surface area (Å²) >= 11 is 0.742. The average Bonchev–Trinajstić information content (AvgIpc) is 3.19. The Morgan fingerprint density at radius 2 is 1.97 bits per heavy atom. The number of carbonyl (C=O) groups excluding carboxylic acids is 1. The predicted molar refractivity (Wildman–Crippen MR) is 115 cm³/mol. The topological polar surface area (TPSA) is 108 Å². The van der Waals surface area contributed by atoms with Gasteiger partial charge in [0.25, 0.3) is 5.91 Å². The molecule has 0 radical (unpaired) electrons. The van der Waals surface area contributed by atoms with Crippen LogP contribution in [0.2, 0.25) is 0 Å². The number of nitrogens with zero attached hydrogens (tertiary/aromatic N) is 4. The third-order valence-electron chi connectivity index (χ3n) is 4.66. The van der Waals surface area contributed by atoms with Crippen LogP contribution in [0.4, 0.5) is 4.39 Å². The van der Waals surface area contributed by atoms with E-state index in [0.29, 0.717) is 11.3 Å². The van der Waals surface area contributed by atoms with Crippen LogP contribution >= 0.6 is 11.9 Å². The predicted octanol–water partition coefficient (Wildman–Crippen LogP) is 2.85. The van der Waals surface area contributed by atoms with Crippen LogP contribution in [0.1, 0.15) is 17.0 Å². The number of benzene rings is 1. The number of carbonyl (C=O) groups is 1. The van der Waals surface area contributed by atoms with Crippen molar-refractivity contribution in [2.24, 2.45) is 9.39 Å². The zero-order valence-electron chi connectivity index (χ0n) is 16.2. The summed E-state index contributed by atoms with van der Waals surface area (Å²) in [4.78, 5) is 17.5. The molecule has 0 saturated carbocycles. The molecule has 0 atom stereocenters. The third-order valence-corrected chi connectivity index (χ3v) is 6.42. The Bertz CT molecular complexity index is 1320. The van der Waals surface area contributed by atoms with Crippen LogP contribution in [0.25, 0.3) is 11.8 Å². The van der Waals surface area contributed by atoms with E-state index in [0.717, 1.165) is 34.5 Å². The van der Waals surface area contributed by atoms with E-state index in [-0.39, 0.29) is 27.6 Å². The Morgan fingerprint density at radius 3 is 2.63 bits per heavy atom. The molecule has 2 aliphatic heterocycles. The summed E-state index contributed by atoms with van der Waals surface area (Å²) in [7, 11) is -3.72. The fraction of sp³-hybridized carbons (Fsp3) is 0.158. The molecule has 0 spiro atoms. The molecule has 2 aliphatic rings. The molecule has 0 bridgehead atoms. The van der Waals surface area contributed by atoms with Gasteiger partial charge in [0.2, 0.25) is 20.2 Å². The van der Waals surface area contributed by atoms with Gasteiger partial charge in [-0.25, -0.2) is 17.7 Å². The van der Waals surface area contributed by atoms with Crippen molar-refractivity contribution < 1.29 is 17.6 Å². The molecule has 0 saturated heterocycles. The maximum atomic E-state index is 13.7. The largest absolute Gasteiger partial charge is 0.318 e. The van der Waals surface area contributed by atoms with Crippen LogP contribution < -0.4 is 0 Å². The van der Waals surface area contributed by atoms with Gasteiger partial charge in [0, 0.05) is 23.3 Å². The maximum absolute atomic E-state index is 13.7. The Morgan fingerprint density at radius 1 is 1.23 bits per heavy atom. The molecule has 8 nitrogen and oxygen atoms in total. The van der Waals surface area contributed by atoms with Gasteiger partial charge >= 0.3 is 0 Å². The Hall–Kier alpha value is -3.05. The molecule has 2 aromatic rings. The molecule has 1 aromatic heterocycles. The number of amides is 1. The Balaban J connectivity index is 1.80. The van der Waals surface area contributed by atoms with Gasteiger partial charge in [-0.1, -0.05) is 6.07 Å². The van der Waals surface area contributed by atoms with Crippen LogP contribution in [0, 0.1) is 25.1 Å². The molecule has 0 unspecified atom stereocenters. The molecule has 4 rings (SSSR count).